The number of aliphatic hydroxyl groups is 1. The Bertz CT molecular complexity index is 771. The topological polar surface area (TPSA) is 83.5 Å². The summed E-state index contributed by atoms with van der Waals surface area (Å²) in [6, 6.07) is 0. The van der Waals surface area contributed by atoms with E-state index in [0.29, 0.717) is 18.8 Å². The number of carbonyl (C=O) groups excluding carboxylic acids is 1. The SMILES string of the molecule is CCCCC(C)C(C)(/C=C/[C@@H]1[C@@H](C/C=C\CCCC(=O)OC)[C@@H](O)C[C@H]1OC1CCCCO1)OC1CCCCO1. The number of ether oxygens (including phenoxy) is 5. The smallest absolute Gasteiger partial charge is 0.305 e. The van der Waals surface area contributed by atoms with Gasteiger partial charge in [-0.2, -0.15) is 0 Å². The average molecular weight is 565 g/mol. The molecule has 7 heteroatoms. The molecule has 230 valence electrons. The van der Waals surface area contributed by atoms with Crippen LogP contribution in [0.15, 0.2) is 24.3 Å². The Hall–Kier alpha value is -1.25. The summed E-state index contributed by atoms with van der Waals surface area (Å²) in [4.78, 5) is 11.4. The van der Waals surface area contributed by atoms with Crippen molar-refractivity contribution in [3.63, 3.8) is 0 Å². The molecule has 0 aromatic carbocycles. The second-order valence-electron chi connectivity index (χ2n) is 12.2. The van der Waals surface area contributed by atoms with E-state index in [9.17, 15) is 9.90 Å². The second kappa shape index (κ2) is 17.6. The van der Waals surface area contributed by atoms with Crippen LogP contribution in [0.25, 0.3) is 0 Å². The van der Waals surface area contributed by atoms with Gasteiger partial charge >= 0.3 is 5.97 Å². The molecule has 7 nitrogen and oxygen atoms in total. The van der Waals surface area contributed by atoms with E-state index in [1.54, 1.807) is 0 Å². The number of rotatable bonds is 16. The molecule has 2 aliphatic heterocycles. The lowest BCUT2D eigenvalue weighted by Crippen LogP contribution is -2.40. The number of methoxy groups -OCH3 is 1. The third-order valence-electron chi connectivity index (χ3n) is 9.05. The molecule has 8 atom stereocenters. The van der Waals surface area contributed by atoms with Gasteiger partial charge in [0, 0.05) is 32.0 Å². The maximum absolute atomic E-state index is 11.4. The Morgan fingerprint density at radius 1 is 1.07 bits per heavy atom. The summed E-state index contributed by atoms with van der Waals surface area (Å²) >= 11 is 0. The Labute approximate surface area is 243 Å². The minimum absolute atomic E-state index is 0.0443. The van der Waals surface area contributed by atoms with Gasteiger partial charge in [0.05, 0.1) is 24.9 Å². The maximum atomic E-state index is 11.4. The minimum Gasteiger partial charge on any atom is -0.469 e. The van der Waals surface area contributed by atoms with Crippen molar-refractivity contribution in [3.05, 3.63) is 24.3 Å². The van der Waals surface area contributed by atoms with Crippen molar-refractivity contribution in [3.8, 4) is 0 Å². The molecule has 0 spiro atoms. The van der Waals surface area contributed by atoms with E-state index >= 15 is 0 Å². The van der Waals surface area contributed by atoms with Crippen molar-refractivity contribution < 1.29 is 33.6 Å². The summed E-state index contributed by atoms with van der Waals surface area (Å²) in [5.41, 5.74) is -0.467. The highest BCUT2D eigenvalue weighted by Crippen LogP contribution is 2.41. The second-order valence-corrected chi connectivity index (χ2v) is 12.2. The van der Waals surface area contributed by atoms with Crippen molar-refractivity contribution >= 4 is 5.97 Å². The lowest BCUT2D eigenvalue weighted by Gasteiger charge is -2.38. The van der Waals surface area contributed by atoms with E-state index in [0.717, 1.165) is 90.3 Å². The van der Waals surface area contributed by atoms with Gasteiger partial charge in [0.25, 0.3) is 0 Å². The molecule has 2 heterocycles. The number of hydrogen-bond donors (Lipinski definition) is 1. The molecule has 0 amide bonds. The fourth-order valence-electron chi connectivity index (χ4n) is 6.19. The highest BCUT2D eigenvalue weighted by atomic mass is 16.7. The monoisotopic (exact) mass is 564 g/mol. The predicted octanol–water partition coefficient (Wildman–Crippen LogP) is 6.87. The number of carbonyl (C=O) groups is 1. The van der Waals surface area contributed by atoms with E-state index in [4.69, 9.17) is 23.7 Å². The molecule has 0 radical (unpaired) electrons. The average Bonchev–Trinajstić information content (AvgIpc) is 3.26. The van der Waals surface area contributed by atoms with Crippen LogP contribution in [0, 0.1) is 17.8 Å². The molecule has 3 rings (SSSR count). The number of hydrogen-bond acceptors (Lipinski definition) is 7. The van der Waals surface area contributed by atoms with Crippen LogP contribution in [0.2, 0.25) is 0 Å². The third kappa shape index (κ3) is 10.5. The van der Waals surface area contributed by atoms with Gasteiger partial charge in [-0.25, -0.2) is 0 Å². The molecule has 40 heavy (non-hydrogen) atoms. The highest BCUT2D eigenvalue weighted by Gasteiger charge is 2.43. The molecule has 0 aromatic heterocycles. The van der Waals surface area contributed by atoms with Gasteiger partial charge in [-0.1, -0.05) is 51.0 Å². The molecule has 0 bridgehead atoms. The number of allylic oxidation sites excluding steroid dienone is 2. The molecule has 1 aliphatic carbocycles. The van der Waals surface area contributed by atoms with Gasteiger partial charge in [-0.05, 0) is 83.0 Å². The number of esters is 1. The van der Waals surface area contributed by atoms with Crippen LogP contribution in [-0.4, -0.2) is 61.8 Å². The van der Waals surface area contributed by atoms with Gasteiger partial charge in [0.2, 0.25) is 0 Å². The first-order chi connectivity index (χ1) is 19.4. The molecule has 3 fully saturated rings. The van der Waals surface area contributed by atoms with E-state index in [1.807, 2.05) is 0 Å². The first-order valence-corrected chi connectivity index (χ1v) is 16.0. The van der Waals surface area contributed by atoms with Gasteiger partial charge < -0.3 is 28.8 Å². The van der Waals surface area contributed by atoms with Crippen LogP contribution in [-0.2, 0) is 28.5 Å². The third-order valence-corrected chi connectivity index (χ3v) is 9.05. The minimum atomic E-state index is -0.467. The standard InChI is InChI=1S/C33H56O7/c1-5-6-15-25(2)33(3,40-32-19-12-14-23-38-32)21-20-27-26(16-9-7-8-10-17-30(35)36-4)28(34)24-29(27)39-31-18-11-13-22-37-31/h7,9,20-21,25-29,31-32,34H,5-6,8,10-19,22-24H2,1-4H3/b9-7-,21-20+/t25?,26-,27-,28+,29-,31?,32?,33?/m1/s1. The lowest BCUT2D eigenvalue weighted by atomic mass is 9.83. The summed E-state index contributed by atoms with van der Waals surface area (Å²) in [5, 5.41) is 11.2. The van der Waals surface area contributed by atoms with Gasteiger partial charge in [-0.3, -0.25) is 4.79 Å². The zero-order valence-electron chi connectivity index (χ0n) is 25.6. The van der Waals surface area contributed by atoms with Crippen molar-refractivity contribution in [2.24, 2.45) is 17.8 Å². The number of unbranched alkanes of at least 4 members (excludes halogenated alkanes) is 2. The van der Waals surface area contributed by atoms with E-state index in [1.165, 1.54) is 7.11 Å². The van der Waals surface area contributed by atoms with Crippen LogP contribution in [0.5, 0.6) is 0 Å². The quantitative estimate of drug-likeness (QED) is 0.124. The van der Waals surface area contributed by atoms with Crippen LogP contribution < -0.4 is 0 Å². The Kier molecular flexibility index (Phi) is 14.7. The zero-order valence-corrected chi connectivity index (χ0v) is 25.6. The van der Waals surface area contributed by atoms with Gasteiger partial charge in [0.1, 0.15) is 0 Å². The maximum Gasteiger partial charge on any atom is 0.305 e. The van der Waals surface area contributed by atoms with E-state index in [2.05, 4.69) is 45.1 Å². The number of aliphatic hydroxyl groups excluding tert-OH is 1. The van der Waals surface area contributed by atoms with Crippen molar-refractivity contribution in [2.45, 2.75) is 141 Å². The fourth-order valence-corrected chi connectivity index (χ4v) is 6.19. The summed E-state index contributed by atoms with van der Waals surface area (Å²) < 4.78 is 29.9. The van der Waals surface area contributed by atoms with Crippen LogP contribution in [0.1, 0.15) is 111 Å². The van der Waals surface area contributed by atoms with Crippen molar-refractivity contribution in [1.29, 1.82) is 0 Å². The van der Waals surface area contributed by atoms with E-state index < -0.39 is 11.7 Å². The Morgan fingerprint density at radius 3 is 2.45 bits per heavy atom. The molecule has 3 aliphatic rings. The molecular formula is C33H56O7. The first kappa shape index (κ1) is 33.3. The molecular weight excluding hydrogens is 508 g/mol. The lowest BCUT2D eigenvalue weighted by molar-refractivity contribution is -0.219. The Morgan fingerprint density at radius 2 is 1.80 bits per heavy atom. The molecule has 1 N–H and O–H groups in total. The zero-order chi connectivity index (χ0) is 28.8. The normalized spacial score (nSPS) is 31.9. The highest BCUT2D eigenvalue weighted by molar-refractivity contribution is 5.69. The molecule has 0 aromatic rings. The van der Waals surface area contributed by atoms with Crippen LogP contribution >= 0.6 is 0 Å². The Balaban J connectivity index is 1.75. The molecule has 4 unspecified atom stereocenters. The van der Waals surface area contributed by atoms with Crippen molar-refractivity contribution in [2.75, 3.05) is 20.3 Å². The summed E-state index contributed by atoms with van der Waals surface area (Å²) in [6.07, 6.45) is 20.9. The summed E-state index contributed by atoms with van der Waals surface area (Å²) in [6.45, 7) is 8.20. The first-order valence-electron chi connectivity index (χ1n) is 16.0. The largest absolute Gasteiger partial charge is 0.469 e. The van der Waals surface area contributed by atoms with Gasteiger partial charge in [-0.15, -0.1) is 0 Å². The van der Waals surface area contributed by atoms with Gasteiger partial charge in [0.15, 0.2) is 12.6 Å². The van der Waals surface area contributed by atoms with Crippen LogP contribution in [0.4, 0.5) is 0 Å². The van der Waals surface area contributed by atoms with Crippen molar-refractivity contribution in [1.82, 2.24) is 0 Å². The van der Waals surface area contributed by atoms with E-state index in [-0.39, 0.29) is 36.5 Å². The fraction of sp³-hybridized carbons (Fsp3) is 0.848. The summed E-state index contributed by atoms with van der Waals surface area (Å²) in [7, 11) is 1.42. The molecule has 1 saturated carbocycles. The van der Waals surface area contributed by atoms with Crippen LogP contribution in [0.3, 0.4) is 0 Å². The summed E-state index contributed by atoms with van der Waals surface area (Å²) in [5.74, 6) is 0.248. The molecule has 2 saturated heterocycles. The predicted molar refractivity (Wildman–Crippen MR) is 157 cm³/mol.